The molecule has 15 heavy (non-hydrogen) atoms. The molecule has 0 radical (unpaired) electrons. The number of rotatable bonds is 3. The Hall–Kier alpha value is -0.370. The second kappa shape index (κ2) is 4.65. The molecule has 0 aliphatic heterocycles. The van der Waals surface area contributed by atoms with E-state index in [2.05, 4.69) is 0 Å². The molecule has 2 saturated carbocycles. The van der Waals surface area contributed by atoms with Gasteiger partial charge in [0.05, 0.1) is 6.10 Å². The van der Waals surface area contributed by atoms with E-state index in [9.17, 15) is 4.79 Å². The average Bonchev–Trinajstić information content (AvgIpc) is 2.69. The third-order valence-electron chi connectivity index (χ3n) is 4.00. The van der Waals surface area contributed by atoms with E-state index >= 15 is 0 Å². The van der Waals surface area contributed by atoms with Gasteiger partial charge in [-0.05, 0) is 45.4 Å². The summed E-state index contributed by atoms with van der Waals surface area (Å²) >= 11 is 0. The first-order valence-electron chi connectivity index (χ1n) is 6.42. The van der Waals surface area contributed by atoms with E-state index in [1.54, 1.807) is 6.92 Å². The van der Waals surface area contributed by atoms with Gasteiger partial charge < -0.3 is 4.74 Å². The summed E-state index contributed by atoms with van der Waals surface area (Å²) in [6.45, 7) is 1.70. The molecule has 0 aromatic heterocycles. The Bertz CT molecular complexity index is 223. The summed E-state index contributed by atoms with van der Waals surface area (Å²) in [6, 6.07) is 0. The smallest absolute Gasteiger partial charge is 0.161 e. The van der Waals surface area contributed by atoms with Gasteiger partial charge in [0.15, 0.2) is 5.78 Å². The van der Waals surface area contributed by atoms with Crippen LogP contribution in [-0.4, -0.2) is 17.5 Å². The zero-order chi connectivity index (χ0) is 10.7. The molecule has 2 aliphatic rings. The molecule has 0 unspecified atom stereocenters. The normalized spacial score (nSPS) is 26.7. The zero-order valence-corrected chi connectivity index (χ0v) is 9.76. The molecule has 2 aliphatic carbocycles. The molecule has 0 atom stereocenters. The van der Waals surface area contributed by atoms with Gasteiger partial charge in [0, 0.05) is 0 Å². The minimum Gasteiger partial charge on any atom is -0.364 e. The summed E-state index contributed by atoms with van der Waals surface area (Å²) in [5.74, 6) is 0.255. The lowest BCUT2D eigenvalue weighted by atomic mass is 9.93. The lowest BCUT2D eigenvalue weighted by Gasteiger charge is -2.33. The molecule has 0 aromatic rings. The fourth-order valence-electron chi connectivity index (χ4n) is 3.00. The number of carbonyl (C=O) groups excluding carboxylic acids is 1. The summed E-state index contributed by atoms with van der Waals surface area (Å²) in [5, 5.41) is 0. The predicted molar refractivity (Wildman–Crippen MR) is 59.8 cm³/mol. The van der Waals surface area contributed by atoms with E-state index < -0.39 is 0 Å². The van der Waals surface area contributed by atoms with Crippen molar-refractivity contribution in [3.05, 3.63) is 0 Å². The third-order valence-corrected chi connectivity index (χ3v) is 4.00. The first kappa shape index (κ1) is 11.1. The molecule has 0 heterocycles. The Balaban J connectivity index is 1.96. The van der Waals surface area contributed by atoms with Crippen LogP contribution in [0.25, 0.3) is 0 Å². The van der Waals surface area contributed by atoms with Gasteiger partial charge in [-0.15, -0.1) is 0 Å². The molecule has 2 fully saturated rings. The van der Waals surface area contributed by atoms with E-state index in [0.29, 0.717) is 6.10 Å². The van der Waals surface area contributed by atoms with Gasteiger partial charge >= 0.3 is 0 Å². The van der Waals surface area contributed by atoms with Crippen molar-refractivity contribution in [2.75, 3.05) is 0 Å². The first-order valence-corrected chi connectivity index (χ1v) is 6.42. The molecule has 0 N–H and O–H groups in total. The Morgan fingerprint density at radius 1 is 1.07 bits per heavy atom. The molecule has 0 amide bonds. The molecule has 2 heteroatoms. The number of hydrogen-bond acceptors (Lipinski definition) is 2. The van der Waals surface area contributed by atoms with Crippen LogP contribution in [0, 0.1) is 0 Å². The molecular weight excluding hydrogens is 188 g/mol. The van der Waals surface area contributed by atoms with Crippen molar-refractivity contribution in [3.8, 4) is 0 Å². The zero-order valence-electron chi connectivity index (χ0n) is 9.76. The summed E-state index contributed by atoms with van der Waals surface area (Å²) < 4.78 is 6.15. The van der Waals surface area contributed by atoms with Crippen molar-refractivity contribution >= 4 is 5.78 Å². The number of carbonyl (C=O) groups is 1. The second-order valence-electron chi connectivity index (χ2n) is 5.14. The number of Topliss-reactive ketones (excluding diaryl/α,β-unsaturated/α-hetero) is 1. The number of hydrogen-bond donors (Lipinski definition) is 0. The predicted octanol–water partition coefficient (Wildman–Crippen LogP) is 3.24. The minimum absolute atomic E-state index is 0.255. The van der Waals surface area contributed by atoms with Gasteiger partial charge in [0.25, 0.3) is 0 Å². The maximum absolute atomic E-state index is 11.7. The number of ether oxygens (including phenoxy) is 1. The van der Waals surface area contributed by atoms with Crippen molar-refractivity contribution < 1.29 is 9.53 Å². The van der Waals surface area contributed by atoms with E-state index in [4.69, 9.17) is 4.74 Å². The fraction of sp³-hybridized carbons (Fsp3) is 0.923. The Labute approximate surface area is 92.4 Å². The summed E-state index contributed by atoms with van der Waals surface area (Å²) in [6.07, 6.45) is 10.8. The van der Waals surface area contributed by atoms with Crippen molar-refractivity contribution in [3.63, 3.8) is 0 Å². The van der Waals surface area contributed by atoms with Crippen molar-refractivity contribution in [2.45, 2.75) is 76.4 Å². The van der Waals surface area contributed by atoms with E-state index in [0.717, 1.165) is 38.5 Å². The van der Waals surface area contributed by atoms with Gasteiger partial charge in [-0.25, -0.2) is 0 Å². The summed E-state index contributed by atoms with van der Waals surface area (Å²) in [4.78, 5) is 11.7. The van der Waals surface area contributed by atoms with Crippen molar-refractivity contribution in [1.82, 2.24) is 0 Å². The van der Waals surface area contributed by atoms with Crippen LogP contribution >= 0.6 is 0 Å². The molecule has 0 saturated heterocycles. The van der Waals surface area contributed by atoms with Crippen molar-refractivity contribution in [1.29, 1.82) is 0 Å². The highest BCUT2D eigenvalue weighted by molar-refractivity contribution is 5.85. The standard InChI is InChI=1S/C13H22O2/c1-11(14)13(9-5-6-10-13)15-12-7-3-2-4-8-12/h12H,2-10H2,1H3. The van der Waals surface area contributed by atoms with Gasteiger partial charge in [-0.2, -0.15) is 0 Å². The lowest BCUT2D eigenvalue weighted by molar-refractivity contribution is -0.153. The third kappa shape index (κ3) is 2.41. The number of ketones is 1. The van der Waals surface area contributed by atoms with Gasteiger partial charge in [0.2, 0.25) is 0 Å². The highest BCUT2D eigenvalue weighted by atomic mass is 16.5. The van der Waals surface area contributed by atoms with E-state index in [-0.39, 0.29) is 11.4 Å². The van der Waals surface area contributed by atoms with Gasteiger partial charge in [-0.3, -0.25) is 4.79 Å². The molecule has 0 bridgehead atoms. The molecule has 2 rings (SSSR count). The van der Waals surface area contributed by atoms with Crippen LogP contribution in [0.4, 0.5) is 0 Å². The largest absolute Gasteiger partial charge is 0.364 e. The molecule has 2 nitrogen and oxygen atoms in total. The van der Waals surface area contributed by atoms with Crippen LogP contribution in [0.3, 0.4) is 0 Å². The molecule has 0 aromatic carbocycles. The highest BCUT2D eigenvalue weighted by Gasteiger charge is 2.41. The Morgan fingerprint density at radius 2 is 1.67 bits per heavy atom. The molecular formula is C13H22O2. The van der Waals surface area contributed by atoms with E-state index in [1.165, 1.54) is 19.3 Å². The van der Waals surface area contributed by atoms with Crippen LogP contribution < -0.4 is 0 Å². The Kier molecular flexibility index (Phi) is 3.45. The quantitative estimate of drug-likeness (QED) is 0.714. The van der Waals surface area contributed by atoms with Crippen LogP contribution in [0.15, 0.2) is 0 Å². The fourth-order valence-corrected chi connectivity index (χ4v) is 3.00. The van der Waals surface area contributed by atoms with Gasteiger partial charge in [0.1, 0.15) is 5.60 Å². The van der Waals surface area contributed by atoms with Crippen molar-refractivity contribution in [2.24, 2.45) is 0 Å². The molecule has 86 valence electrons. The van der Waals surface area contributed by atoms with Crippen LogP contribution in [0.5, 0.6) is 0 Å². The second-order valence-corrected chi connectivity index (χ2v) is 5.14. The summed E-state index contributed by atoms with van der Waals surface area (Å²) in [7, 11) is 0. The minimum atomic E-state index is -0.387. The van der Waals surface area contributed by atoms with E-state index in [1.807, 2.05) is 0 Å². The monoisotopic (exact) mass is 210 g/mol. The molecule has 0 spiro atoms. The van der Waals surface area contributed by atoms with Crippen LogP contribution in [0.1, 0.15) is 64.7 Å². The van der Waals surface area contributed by atoms with Crippen LogP contribution in [0.2, 0.25) is 0 Å². The van der Waals surface area contributed by atoms with Crippen LogP contribution in [-0.2, 0) is 9.53 Å². The Morgan fingerprint density at radius 3 is 2.20 bits per heavy atom. The SMILES string of the molecule is CC(=O)C1(OC2CCCCC2)CCCC1. The maximum Gasteiger partial charge on any atom is 0.161 e. The first-order chi connectivity index (χ1) is 7.23. The van der Waals surface area contributed by atoms with Gasteiger partial charge in [-0.1, -0.05) is 19.3 Å². The highest BCUT2D eigenvalue weighted by Crippen LogP contribution is 2.37. The maximum atomic E-state index is 11.7. The summed E-state index contributed by atoms with van der Waals surface area (Å²) in [5.41, 5.74) is -0.387. The lowest BCUT2D eigenvalue weighted by Crippen LogP contribution is -2.41. The average molecular weight is 210 g/mol. The topological polar surface area (TPSA) is 26.3 Å².